The standard InChI is InChI=1S/C7H10N2S/c10-9-2-1-6-3-8-4-7(6)5-9/h3-4,8,10H,1-2,5H2. The Morgan fingerprint density at radius 1 is 1.40 bits per heavy atom. The lowest BCUT2D eigenvalue weighted by Gasteiger charge is -2.20. The molecule has 0 aromatic carbocycles. The molecule has 3 heteroatoms. The summed E-state index contributed by atoms with van der Waals surface area (Å²) >= 11 is 4.28. The summed E-state index contributed by atoms with van der Waals surface area (Å²) in [4.78, 5) is 3.10. The minimum Gasteiger partial charge on any atom is -0.367 e. The number of hydrogen-bond acceptors (Lipinski definition) is 2. The molecule has 0 radical (unpaired) electrons. The van der Waals surface area contributed by atoms with Crippen LogP contribution >= 0.6 is 12.8 Å². The number of aromatic amines is 1. The monoisotopic (exact) mass is 154 g/mol. The lowest BCUT2D eigenvalue weighted by molar-refractivity contribution is 0.452. The lowest BCUT2D eigenvalue weighted by Crippen LogP contribution is -2.20. The molecule has 1 N–H and O–H groups in total. The van der Waals surface area contributed by atoms with E-state index in [9.17, 15) is 0 Å². The molecule has 0 saturated heterocycles. The largest absolute Gasteiger partial charge is 0.367 e. The predicted octanol–water partition coefficient (Wildman–Crippen LogP) is 1.22. The van der Waals surface area contributed by atoms with Gasteiger partial charge in [0.05, 0.1) is 0 Å². The summed E-state index contributed by atoms with van der Waals surface area (Å²) in [6, 6.07) is 0. The molecule has 54 valence electrons. The Morgan fingerprint density at radius 3 is 3.10 bits per heavy atom. The van der Waals surface area contributed by atoms with Crippen molar-refractivity contribution in [2.75, 3.05) is 6.54 Å². The van der Waals surface area contributed by atoms with Gasteiger partial charge in [0.15, 0.2) is 0 Å². The van der Waals surface area contributed by atoms with E-state index in [0.29, 0.717) is 0 Å². The second-order valence-corrected chi connectivity index (χ2v) is 3.21. The van der Waals surface area contributed by atoms with Crippen LogP contribution in [0.25, 0.3) is 0 Å². The first kappa shape index (κ1) is 6.31. The first-order valence-corrected chi connectivity index (χ1v) is 3.84. The molecule has 1 aromatic rings. The number of nitrogens with zero attached hydrogens (tertiary/aromatic N) is 1. The molecule has 0 aliphatic carbocycles. The smallest absolute Gasteiger partial charge is 0.0356 e. The molecule has 10 heavy (non-hydrogen) atoms. The number of thiol groups is 1. The van der Waals surface area contributed by atoms with Gasteiger partial charge in [-0.1, -0.05) is 12.8 Å². The Balaban J connectivity index is 2.30. The van der Waals surface area contributed by atoms with Crippen molar-refractivity contribution in [2.24, 2.45) is 0 Å². The van der Waals surface area contributed by atoms with Crippen LogP contribution in [-0.2, 0) is 13.0 Å². The molecule has 0 unspecified atom stereocenters. The van der Waals surface area contributed by atoms with Gasteiger partial charge in [-0.3, -0.25) is 0 Å². The quantitative estimate of drug-likeness (QED) is 0.538. The third-order valence-electron chi connectivity index (χ3n) is 1.92. The molecule has 0 saturated carbocycles. The van der Waals surface area contributed by atoms with Gasteiger partial charge in [0, 0.05) is 25.5 Å². The van der Waals surface area contributed by atoms with Crippen LogP contribution in [0.1, 0.15) is 11.1 Å². The van der Waals surface area contributed by atoms with Crippen LogP contribution in [0.2, 0.25) is 0 Å². The maximum atomic E-state index is 4.28. The highest BCUT2D eigenvalue weighted by molar-refractivity contribution is 7.77. The minimum absolute atomic E-state index is 0.974. The summed E-state index contributed by atoms with van der Waals surface area (Å²) in [5.41, 5.74) is 2.84. The molecule has 2 rings (SSSR count). The topological polar surface area (TPSA) is 19.0 Å². The van der Waals surface area contributed by atoms with E-state index in [1.807, 2.05) is 4.31 Å². The van der Waals surface area contributed by atoms with Gasteiger partial charge in [-0.05, 0) is 17.5 Å². The number of nitrogens with one attached hydrogen (secondary N) is 1. The highest BCUT2D eigenvalue weighted by Crippen LogP contribution is 2.18. The molecule has 0 amide bonds. The molecule has 1 aliphatic heterocycles. The Hall–Kier alpha value is -0.410. The minimum atomic E-state index is 0.974. The summed E-state index contributed by atoms with van der Waals surface area (Å²) in [5.74, 6) is 0. The normalized spacial score (nSPS) is 18.9. The first-order valence-electron chi connectivity index (χ1n) is 3.44. The van der Waals surface area contributed by atoms with Gasteiger partial charge in [-0.2, -0.15) is 0 Å². The van der Waals surface area contributed by atoms with Crippen LogP contribution < -0.4 is 0 Å². The maximum Gasteiger partial charge on any atom is 0.0356 e. The average molecular weight is 154 g/mol. The zero-order valence-electron chi connectivity index (χ0n) is 5.67. The number of hydrogen-bond donors (Lipinski definition) is 2. The fourth-order valence-electron chi connectivity index (χ4n) is 1.33. The summed E-state index contributed by atoms with van der Waals surface area (Å²) in [7, 11) is 0. The zero-order chi connectivity index (χ0) is 6.97. The van der Waals surface area contributed by atoms with Crippen LogP contribution in [0.15, 0.2) is 12.4 Å². The van der Waals surface area contributed by atoms with Gasteiger partial charge in [-0.25, -0.2) is 4.31 Å². The van der Waals surface area contributed by atoms with Crippen molar-refractivity contribution in [3.05, 3.63) is 23.5 Å². The van der Waals surface area contributed by atoms with Crippen LogP contribution in [0.5, 0.6) is 0 Å². The molecule has 0 spiro atoms. The summed E-state index contributed by atoms with van der Waals surface area (Å²) in [5, 5.41) is 0. The summed E-state index contributed by atoms with van der Waals surface area (Å²) < 4.78 is 2.04. The van der Waals surface area contributed by atoms with Gasteiger partial charge < -0.3 is 4.98 Å². The average Bonchev–Trinajstić information content (AvgIpc) is 2.33. The number of fused-ring (bicyclic) bond motifs is 1. The van der Waals surface area contributed by atoms with Gasteiger partial charge in [-0.15, -0.1) is 0 Å². The van der Waals surface area contributed by atoms with Crippen molar-refractivity contribution in [1.29, 1.82) is 0 Å². The zero-order valence-corrected chi connectivity index (χ0v) is 6.56. The number of aromatic nitrogens is 1. The third-order valence-corrected chi connectivity index (χ3v) is 2.26. The van der Waals surface area contributed by atoms with Crippen molar-refractivity contribution >= 4 is 12.8 Å². The summed E-state index contributed by atoms with van der Waals surface area (Å²) in [6.07, 6.45) is 5.26. The lowest BCUT2D eigenvalue weighted by atomic mass is 10.1. The van der Waals surface area contributed by atoms with Crippen molar-refractivity contribution < 1.29 is 0 Å². The molecule has 1 aromatic heterocycles. The third kappa shape index (κ3) is 0.954. The van der Waals surface area contributed by atoms with E-state index in [2.05, 4.69) is 30.2 Å². The highest BCUT2D eigenvalue weighted by Gasteiger charge is 2.12. The van der Waals surface area contributed by atoms with E-state index < -0.39 is 0 Å². The molecule has 2 nitrogen and oxygen atoms in total. The van der Waals surface area contributed by atoms with Gasteiger partial charge in [0.25, 0.3) is 0 Å². The van der Waals surface area contributed by atoms with E-state index in [1.54, 1.807) is 0 Å². The Bertz CT molecular complexity index is 231. The molecule has 0 atom stereocenters. The number of rotatable bonds is 0. The molecule has 0 fully saturated rings. The molecule has 2 heterocycles. The number of H-pyrrole nitrogens is 1. The Kier molecular flexibility index (Phi) is 1.47. The predicted molar refractivity (Wildman–Crippen MR) is 43.9 cm³/mol. The Labute approximate surface area is 65.8 Å². The molecule has 0 bridgehead atoms. The highest BCUT2D eigenvalue weighted by atomic mass is 32.1. The van der Waals surface area contributed by atoms with Crippen LogP contribution in [-0.4, -0.2) is 15.8 Å². The summed E-state index contributed by atoms with van der Waals surface area (Å²) in [6.45, 7) is 2.04. The fraction of sp³-hybridized carbons (Fsp3) is 0.429. The van der Waals surface area contributed by atoms with Crippen molar-refractivity contribution in [3.8, 4) is 0 Å². The van der Waals surface area contributed by atoms with Gasteiger partial charge in [0.1, 0.15) is 0 Å². The maximum absolute atomic E-state index is 4.28. The van der Waals surface area contributed by atoms with Gasteiger partial charge in [0.2, 0.25) is 0 Å². The van der Waals surface area contributed by atoms with Crippen molar-refractivity contribution in [1.82, 2.24) is 9.29 Å². The van der Waals surface area contributed by atoms with E-state index in [4.69, 9.17) is 0 Å². The van der Waals surface area contributed by atoms with Crippen LogP contribution in [0, 0.1) is 0 Å². The van der Waals surface area contributed by atoms with Crippen LogP contribution in [0.4, 0.5) is 0 Å². The van der Waals surface area contributed by atoms with Gasteiger partial charge >= 0.3 is 0 Å². The van der Waals surface area contributed by atoms with Crippen LogP contribution in [0.3, 0.4) is 0 Å². The van der Waals surface area contributed by atoms with Crippen molar-refractivity contribution in [3.63, 3.8) is 0 Å². The van der Waals surface area contributed by atoms with E-state index in [1.165, 1.54) is 11.1 Å². The second kappa shape index (κ2) is 2.32. The SMILES string of the molecule is SN1CCc2c[nH]cc2C1. The van der Waals surface area contributed by atoms with E-state index >= 15 is 0 Å². The second-order valence-electron chi connectivity index (χ2n) is 2.64. The fourth-order valence-corrected chi connectivity index (χ4v) is 1.59. The van der Waals surface area contributed by atoms with E-state index in [-0.39, 0.29) is 0 Å². The molecule has 1 aliphatic rings. The molecular weight excluding hydrogens is 144 g/mol. The van der Waals surface area contributed by atoms with Crippen molar-refractivity contribution in [2.45, 2.75) is 13.0 Å². The Morgan fingerprint density at radius 2 is 2.20 bits per heavy atom. The molecular formula is C7H10N2S. The van der Waals surface area contributed by atoms with E-state index in [0.717, 1.165) is 19.5 Å². The first-order chi connectivity index (χ1) is 4.86.